The number of carboxylic acids is 1. The van der Waals surface area contributed by atoms with Gasteiger partial charge in [-0.05, 0) is 0 Å². The summed E-state index contributed by atoms with van der Waals surface area (Å²) in [7, 11) is 0. The van der Waals surface area contributed by atoms with Crippen LogP contribution in [0.2, 0.25) is 0 Å². The summed E-state index contributed by atoms with van der Waals surface area (Å²) in [4.78, 5) is 19.9. The monoisotopic (exact) mass is 676 g/mol. The van der Waals surface area contributed by atoms with Crippen molar-refractivity contribution in [3.05, 3.63) is 69.0 Å². The number of aryl methyl sites for hydroxylation is 2. The normalized spacial score (nSPS) is 22.0. The average molecular weight is 677 g/mol. The standard InChI is InChI=1S/C33H47IN3O4/c1-22-10-9-15-36(22)18-19-40-25-11-12-26(23(2)34-20-25)27-21-35-24(3)28(30(31(38)39)41-32(4,5)6)29(27)37-16-13-33(7,8)14-17-37/h9-12,15,20-21,23,26,30H,13-14,16-19H2,1-8H3,(H,38,39)/q-1/t23?,26?,30-/m0/s1. The molecule has 0 radical (unpaired) electrons. The molecule has 4 heterocycles. The molecule has 2 aromatic rings. The minimum absolute atomic E-state index is 0.104. The molecule has 0 spiro atoms. The van der Waals surface area contributed by atoms with Crippen LogP contribution in [-0.2, 0) is 20.8 Å². The third-order valence-corrected chi connectivity index (χ3v) is 10.9. The summed E-state index contributed by atoms with van der Waals surface area (Å²) in [6, 6.07) is 4.17. The van der Waals surface area contributed by atoms with Gasteiger partial charge in [0.05, 0.1) is 0 Å². The molecule has 0 amide bonds. The van der Waals surface area contributed by atoms with E-state index < -0.39 is 17.7 Å². The maximum atomic E-state index is 12.7. The summed E-state index contributed by atoms with van der Waals surface area (Å²) >= 11 is -0.318. The summed E-state index contributed by atoms with van der Waals surface area (Å²) in [6.07, 6.45) is 9.43. The number of pyridine rings is 1. The van der Waals surface area contributed by atoms with Gasteiger partial charge in [-0.2, -0.15) is 0 Å². The fourth-order valence-corrected chi connectivity index (χ4v) is 7.91. The van der Waals surface area contributed by atoms with E-state index in [0.29, 0.717) is 21.8 Å². The van der Waals surface area contributed by atoms with E-state index in [9.17, 15) is 9.90 Å². The molecular weight excluding hydrogens is 629 g/mol. The Morgan fingerprint density at radius 3 is 2.56 bits per heavy atom. The number of carboxylic acid groups (broad SMARTS) is 1. The Bertz CT molecular complexity index is 1280. The van der Waals surface area contributed by atoms with E-state index in [2.05, 4.69) is 71.7 Å². The molecule has 0 aliphatic carbocycles. The number of anilines is 1. The van der Waals surface area contributed by atoms with Gasteiger partial charge in [0.1, 0.15) is 0 Å². The van der Waals surface area contributed by atoms with Crippen LogP contribution < -0.4 is 26.1 Å². The van der Waals surface area contributed by atoms with Gasteiger partial charge in [0, 0.05) is 0 Å². The Hall–Kier alpha value is -2.33. The number of piperidine rings is 1. The van der Waals surface area contributed by atoms with Gasteiger partial charge in [-0.15, -0.1) is 0 Å². The van der Waals surface area contributed by atoms with Gasteiger partial charge in [0.15, 0.2) is 0 Å². The van der Waals surface area contributed by atoms with E-state index in [1.807, 2.05) is 33.9 Å². The number of nitrogens with zero attached hydrogens (tertiary/aromatic N) is 3. The Morgan fingerprint density at radius 2 is 1.95 bits per heavy atom. The Kier molecular flexibility index (Phi) is 9.94. The molecule has 8 heteroatoms. The third-order valence-electron chi connectivity index (χ3n) is 8.06. The average Bonchev–Trinajstić information content (AvgIpc) is 3.20. The van der Waals surface area contributed by atoms with Gasteiger partial charge in [0.2, 0.25) is 0 Å². The van der Waals surface area contributed by atoms with E-state index in [4.69, 9.17) is 14.5 Å². The Morgan fingerprint density at radius 1 is 1.24 bits per heavy atom. The van der Waals surface area contributed by atoms with Crippen LogP contribution in [-0.4, -0.2) is 49.8 Å². The first-order valence-corrected chi connectivity index (χ1v) is 17.1. The van der Waals surface area contributed by atoms with Crippen molar-refractivity contribution in [3.8, 4) is 0 Å². The van der Waals surface area contributed by atoms with Crippen LogP contribution in [0, 0.1) is 19.3 Å². The van der Waals surface area contributed by atoms with Crippen LogP contribution in [0.1, 0.15) is 88.9 Å². The molecule has 3 atom stereocenters. The number of halogens is 1. The van der Waals surface area contributed by atoms with Crippen LogP contribution in [0.3, 0.4) is 0 Å². The molecule has 4 rings (SSSR count). The molecule has 1 N–H and O–H groups in total. The quantitative estimate of drug-likeness (QED) is 0.322. The molecule has 0 aromatic carbocycles. The van der Waals surface area contributed by atoms with E-state index in [1.165, 1.54) is 5.69 Å². The number of rotatable bonds is 9. The molecule has 226 valence electrons. The molecule has 2 aliphatic rings. The zero-order valence-electron chi connectivity index (χ0n) is 25.9. The zero-order chi connectivity index (χ0) is 29.9. The van der Waals surface area contributed by atoms with Gasteiger partial charge in [-0.25, -0.2) is 0 Å². The number of ether oxygens (including phenoxy) is 2. The van der Waals surface area contributed by atoms with Crippen molar-refractivity contribution in [1.82, 2.24) is 9.55 Å². The van der Waals surface area contributed by atoms with Gasteiger partial charge in [-0.1, -0.05) is 0 Å². The van der Waals surface area contributed by atoms with Gasteiger partial charge in [-0.3, -0.25) is 0 Å². The van der Waals surface area contributed by atoms with Gasteiger partial charge < -0.3 is 0 Å². The van der Waals surface area contributed by atoms with Crippen molar-refractivity contribution < 1.29 is 40.6 Å². The van der Waals surface area contributed by atoms with Crippen molar-refractivity contribution in [2.45, 2.75) is 96.3 Å². The molecule has 7 nitrogen and oxygen atoms in total. The van der Waals surface area contributed by atoms with E-state index in [0.717, 1.165) is 49.5 Å². The maximum absolute atomic E-state index is 12.7. The van der Waals surface area contributed by atoms with Crippen molar-refractivity contribution in [2.24, 2.45) is 5.41 Å². The Labute approximate surface area is 256 Å². The van der Waals surface area contributed by atoms with Crippen molar-refractivity contribution in [1.29, 1.82) is 0 Å². The third kappa shape index (κ3) is 7.95. The molecule has 2 aliphatic heterocycles. The van der Waals surface area contributed by atoms with Gasteiger partial charge in [0.25, 0.3) is 0 Å². The van der Waals surface area contributed by atoms with E-state index in [-0.39, 0.29) is 32.5 Å². The fourth-order valence-electron chi connectivity index (χ4n) is 5.53. The van der Waals surface area contributed by atoms with E-state index in [1.54, 1.807) is 0 Å². The predicted molar refractivity (Wildman–Crippen MR) is 160 cm³/mol. The molecule has 41 heavy (non-hydrogen) atoms. The summed E-state index contributed by atoms with van der Waals surface area (Å²) in [6.45, 7) is 19.9. The van der Waals surface area contributed by atoms with Crippen molar-refractivity contribution in [2.75, 3.05) is 24.6 Å². The minimum atomic E-state index is -1.10. The fraction of sp³-hybridized carbons (Fsp3) is 0.576. The number of aliphatic carboxylic acids is 1. The first-order valence-electron chi connectivity index (χ1n) is 14.7. The van der Waals surface area contributed by atoms with Crippen molar-refractivity contribution >= 4 is 11.7 Å². The number of hydrogen-bond acceptors (Lipinski definition) is 5. The molecule has 1 saturated heterocycles. The first kappa shape index (κ1) is 31.6. The predicted octanol–water partition coefficient (Wildman–Crippen LogP) is 3.76. The number of aromatic nitrogens is 2. The van der Waals surface area contributed by atoms with Crippen LogP contribution in [0.4, 0.5) is 5.69 Å². The molecule has 0 bridgehead atoms. The van der Waals surface area contributed by atoms with Crippen LogP contribution >= 0.6 is 0 Å². The second kappa shape index (κ2) is 12.9. The molecule has 2 aromatic heterocycles. The number of allylic oxidation sites excluding steroid dienone is 2. The van der Waals surface area contributed by atoms with Gasteiger partial charge >= 0.3 is 257 Å². The summed E-state index contributed by atoms with van der Waals surface area (Å²) in [5.74, 6) is 0.0541. The van der Waals surface area contributed by atoms with Crippen LogP contribution in [0.25, 0.3) is 0 Å². The number of carbonyl (C=O) groups is 1. The molecule has 2 unspecified atom stereocenters. The number of alkyl halides is 1. The summed E-state index contributed by atoms with van der Waals surface area (Å²) in [5, 5.41) is 10.4. The van der Waals surface area contributed by atoms with Crippen molar-refractivity contribution in [3.63, 3.8) is 0 Å². The van der Waals surface area contributed by atoms with Crippen LogP contribution in [0.15, 0.2) is 46.5 Å². The first-order chi connectivity index (χ1) is 19.3. The topological polar surface area (TPSA) is 76.8 Å². The molecular formula is C33H47IN3O4-. The Balaban J connectivity index is 1.70. The zero-order valence-corrected chi connectivity index (χ0v) is 28.1. The second-order valence-electron chi connectivity index (χ2n) is 13.1. The SMILES string of the molecule is Cc1ncc(C2C=CC(OCCn3cccc3C)=C[I-]C2C)c(N2CCC(C)(C)CC2)c1[C@H](OC(C)(C)C)C(=O)O. The second-order valence-corrected chi connectivity index (χ2v) is 16.4. The summed E-state index contributed by atoms with van der Waals surface area (Å²) < 4.78 is 17.3. The van der Waals surface area contributed by atoms with Crippen LogP contribution in [0.5, 0.6) is 0 Å². The number of hydrogen-bond donors (Lipinski definition) is 1. The molecule has 0 saturated carbocycles. The molecule has 1 fully saturated rings. The van der Waals surface area contributed by atoms with E-state index >= 15 is 0 Å². The summed E-state index contributed by atoms with van der Waals surface area (Å²) in [5.41, 5.74) is 4.38.